The first-order valence-electron chi connectivity index (χ1n) is 7.26. The number of halogens is 1. The Morgan fingerprint density at radius 2 is 1.76 bits per heavy atom. The summed E-state index contributed by atoms with van der Waals surface area (Å²) in [6.07, 6.45) is 3.35. The van der Waals surface area contributed by atoms with Crippen molar-refractivity contribution in [1.29, 1.82) is 0 Å². The van der Waals surface area contributed by atoms with Gasteiger partial charge < -0.3 is 4.90 Å². The average Bonchev–Trinajstić information content (AvgIpc) is 2.96. The van der Waals surface area contributed by atoms with Gasteiger partial charge in [-0.2, -0.15) is 13.1 Å². The zero-order valence-electron chi connectivity index (χ0n) is 12.0. The van der Waals surface area contributed by atoms with E-state index in [1.165, 1.54) is 12.8 Å². The smallest absolute Gasteiger partial charge is 0.277 e. The molecular weight excluding hydrogens is 310 g/mol. The number of nitrogens with zero attached hydrogens (tertiary/aromatic N) is 1. The molecule has 0 atom stereocenters. The van der Waals surface area contributed by atoms with Crippen LogP contribution in [-0.4, -0.2) is 39.5 Å². The van der Waals surface area contributed by atoms with Gasteiger partial charge in [-0.25, -0.2) is 4.72 Å². The third-order valence-electron chi connectivity index (χ3n) is 3.52. The average molecular weight is 332 g/mol. The summed E-state index contributed by atoms with van der Waals surface area (Å²) in [6.45, 7) is 3.97. The monoisotopic (exact) mass is 331 g/mol. The highest BCUT2D eigenvalue weighted by atomic mass is 35.5. The molecule has 21 heavy (non-hydrogen) atoms. The van der Waals surface area contributed by atoms with Crippen LogP contribution in [0.25, 0.3) is 0 Å². The van der Waals surface area contributed by atoms with Gasteiger partial charge in [-0.05, 0) is 56.6 Å². The van der Waals surface area contributed by atoms with Gasteiger partial charge in [-0.15, -0.1) is 0 Å². The Morgan fingerprint density at radius 1 is 1.10 bits per heavy atom. The maximum Gasteiger partial charge on any atom is 0.277 e. The SMILES string of the molecule is O=S(=O)(NCCCN1CCCC1)NCc1ccc(Cl)cc1. The molecule has 0 bridgehead atoms. The molecule has 2 N–H and O–H groups in total. The van der Waals surface area contributed by atoms with E-state index >= 15 is 0 Å². The first-order valence-corrected chi connectivity index (χ1v) is 9.12. The van der Waals surface area contributed by atoms with E-state index in [2.05, 4.69) is 14.3 Å². The molecule has 1 fully saturated rings. The summed E-state index contributed by atoms with van der Waals surface area (Å²) in [7, 11) is -3.44. The van der Waals surface area contributed by atoms with Crippen LogP contribution >= 0.6 is 11.6 Å². The lowest BCUT2D eigenvalue weighted by Gasteiger charge is -2.14. The van der Waals surface area contributed by atoms with Gasteiger partial charge in [0.05, 0.1) is 0 Å². The fraction of sp³-hybridized carbons (Fsp3) is 0.571. The number of hydrogen-bond donors (Lipinski definition) is 2. The van der Waals surface area contributed by atoms with Gasteiger partial charge in [0, 0.05) is 18.1 Å². The third-order valence-corrected chi connectivity index (χ3v) is 4.88. The van der Waals surface area contributed by atoms with Crippen LogP contribution in [0.4, 0.5) is 0 Å². The lowest BCUT2D eigenvalue weighted by atomic mass is 10.2. The summed E-state index contributed by atoms with van der Waals surface area (Å²) < 4.78 is 28.7. The highest BCUT2D eigenvalue weighted by Gasteiger charge is 2.12. The van der Waals surface area contributed by atoms with Crippen LogP contribution in [0.3, 0.4) is 0 Å². The van der Waals surface area contributed by atoms with E-state index in [-0.39, 0.29) is 6.54 Å². The van der Waals surface area contributed by atoms with Crippen molar-refractivity contribution in [3.63, 3.8) is 0 Å². The largest absolute Gasteiger partial charge is 0.303 e. The van der Waals surface area contributed by atoms with Crippen LogP contribution < -0.4 is 9.44 Å². The summed E-state index contributed by atoms with van der Waals surface area (Å²) in [5.41, 5.74) is 0.877. The molecule has 1 heterocycles. The molecule has 0 spiro atoms. The molecule has 0 radical (unpaired) electrons. The van der Waals surface area contributed by atoms with Gasteiger partial charge in [0.2, 0.25) is 0 Å². The summed E-state index contributed by atoms with van der Waals surface area (Å²) in [5, 5.41) is 0.640. The van der Waals surface area contributed by atoms with Crippen LogP contribution in [0, 0.1) is 0 Å². The van der Waals surface area contributed by atoms with Crippen LogP contribution in [0.5, 0.6) is 0 Å². The van der Waals surface area contributed by atoms with E-state index in [0.29, 0.717) is 11.6 Å². The maximum absolute atomic E-state index is 11.8. The molecule has 0 saturated carbocycles. The minimum atomic E-state index is -3.44. The lowest BCUT2D eigenvalue weighted by Crippen LogP contribution is -2.37. The van der Waals surface area contributed by atoms with E-state index in [1.807, 2.05) is 0 Å². The van der Waals surface area contributed by atoms with Gasteiger partial charge >= 0.3 is 0 Å². The van der Waals surface area contributed by atoms with E-state index < -0.39 is 10.2 Å². The fourth-order valence-corrected chi connectivity index (χ4v) is 3.34. The van der Waals surface area contributed by atoms with Crippen molar-refractivity contribution in [2.24, 2.45) is 0 Å². The number of rotatable bonds is 8. The Hall–Kier alpha value is -0.660. The van der Waals surface area contributed by atoms with Crippen molar-refractivity contribution in [2.45, 2.75) is 25.8 Å². The molecular formula is C14H22ClN3O2S. The van der Waals surface area contributed by atoms with Crippen molar-refractivity contribution < 1.29 is 8.42 Å². The summed E-state index contributed by atoms with van der Waals surface area (Å²) in [5.74, 6) is 0. The summed E-state index contributed by atoms with van der Waals surface area (Å²) in [6, 6.07) is 7.10. The highest BCUT2D eigenvalue weighted by Crippen LogP contribution is 2.09. The Morgan fingerprint density at radius 3 is 2.43 bits per heavy atom. The first-order chi connectivity index (χ1) is 10.1. The van der Waals surface area contributed by atoms with Crippen LogP contribution in [0.1, 0.15) is 24.8 Å². The van der Waals surface area contributed by atoms with Crippen molar-refractivity contribution in [3.8, 4) is 0 Å². The molecule has 1 aromatic rings. The number of nitrogens with one attached hydrogen (secondary N) is 2. The van der Waals surface area contributed by atoms with E-state index in [9.17, 15) is 8.42 Å². The second-order valence-corrected chi connectivity index (χ2v) is 7.27. The minimum Gasteiger partial charge on any atom is -0.303 e. The Kier molecular flexibility index (Phi) is 6.44. The minimum absolute atomic E-state index is 0.263. The second kappa shape index (κ2) is 8.10. The molecule has 0 amide bonds. The first kappa shape index (κ1) is 16.7. The molecule has 1 saturated heterocycles. The molecule has 1 aromatic carbocycles. The predicted octanol–water partition coefficient (Wildman–Crippen LogP) is 1.75. The molecule has 0 aliphatic carbocycles. The van der Waals surface area contributed by atoms with Crippen LogP contribution in [0.2, 0.25) is 5.02 Å². The van der Waals surface area contributed by atoms with Gasteiger partial charge in [-0.1, -0.05) is 23.7 Å². The van der Waals surface area contributed by atoms with Crippen molar-refractivity contribution in [3.05, 3.63) is 34.9 Å². The van der Waals surface area contributed by atoms with Gasteiger partial charge in [0.15, 0.2) is 0 Å². The Balaban J connectivity index is 1.65. The molecule has 1 aliphatic rings. The van der Waals surface area contributed by atoms with E-state index in [0.717, 1.165) is 31.6 Å². The van der Waals surface area contributed by atoms with E-state index in [4.69, 9.17) is 11.6 Å². The zero-order chi connectivity index (χ0) is 15.1. The molecule has 2 rings (SSSR count). The Labute approximate surface area is 131 Å². The van der Waals surface area contributed by atoms with Gasteiger partial charge in [0.1, 0.15) is 0 Å². The van der Waals surface area contributed by atoms with Gasteiger partial charge in [-0.3, -0.25) is 0 Å². The quantitative estimate of drug-likeness (QED) is 0.713. The van der Waals surface area contributed by atoms with E-state index in [1.54, 1.807) is 24.3 Å². The predicted molar refractivity (Wildman–Crippen MR) is 85.5 cm³/mol. The number of benzene rings is 1. The van der Waals surface area contributed by atoms with Crippen LogP contribution in [0.15, 0.2) is 24.3 Å². The highest BCUT2D eigenvalue weighted by molar-refractivity contribution is 7.87. The molecule has 5 nitrogen and oxygen atoms in total. The van der Waals surface area contributed by atoms with Crippen molar-refractivity contribution in [2.75, 3.05) is 26.2 Å². The van der Waals surface area contributed by atoms with Crippen LogP contribution in [-0.2, 0) is 16.8 Å². The zero-order valence-corrected chi connectivity index (χ0v) is 13.6. The standard InChI is InChI=1S/C14H22ClN3O2S/c15-14-6-4-13(5-7-14)12-17-21(19,20)16-8-3-11-18-9-1-2-10-18/h4-7,16-17H,1-3,8-12H2. The summed E-state index contributed by atoms with van der Waals surface area (Å²) >= 11 is 5.79. The molecule has 0 unspecified atom stereocenters. The number of hydrogen-bond acceptors (Lipinski definition) is 3. The Bertz CT molecular complexity index is 528. The number of likely N-dealkylation sites (tertiary alicyclic amines) is 1. The van der Waals surface area contributed by atoms with Crippen molar-refractivity contribution in [1.82, 2.24) is 14.3 Å². The second-order valence-electron chi connectivity index (χ2n) is 5.25. The molecule has 118 valence electrons. The summed E-state index contributed by atoms with van der Waals surface area (Å²) in [4.78, 5) is 2.37. The fourth-order valence-electron chi connectivity index (χ4n) is 2.35. The van der Waals surface area contributed by atoms with Gasteiger partial charge in [0.25, 0.3) is 10.2 Å². The topological polar surface area (TPSA) is 61.4 Å². The molecule has 7 heteroatoms. The maximum atomic E-state index is 11.8. The molecule has 1 aliphatic heterocycles. The molecule has 0 aromatic heterocycles. The van der Waals surface area contributed by atoms with Crippen molar-refractivity contribution >= 4 is 21.8 Å². The third kappa shape index (κ3) is 6.32. The normalized spacial score (nSPS) is 16.4. The lowest BCUT2D eigenvalue weighted by molar-refractivity contribution is 0.334.